The van der Waals surface area contributed by atoms with E-state index in [1.165, 1.54) is 18.4 Å². The second kappa shape index (κ2) is 5.72. The lowest BCUT2D eigenvalue weighted by molar-refractivity contribution is 0.176. The molecule has 1 aliphatic carbocycles. The van der Waals surface area contributed by atoms with Crippen molar-refractivity contribution in [1.82, 2.24) is 4.90 Å². The van der Waals surface area contributed by atoms with Gasteiger partial charge in [0.2, 0.25) is 0 Å². The third kappa shape index (κ3) is 3.24. The lowest BCUT2D eigenvalue weighted by Crippen LogP contribution is -2.30. The molecule has 0 radical (unpaired) electrons. The number of likely N-dealkylation sites (N-methyl/N-ethyl adjacent to an activating group) is 1. The minimum Gasteiger partial charge on any atom is -0.399 e. The maximum absolute atomic E-state index is 5.75. The fraction of sp³-hybridized carbons (Fsp3) is 0.600. The van der Waals surface area contributed by atoms with Gasteiger partial charge in [-0.1, -0.05) is 12.1 Å². The van der Waals surface area contributed by atoms with Gasteiger partial charge < -0.3 is 15.4 Å². The summed E-state index contributed by atoms with van der Waals surface area (Å²) in [4.78, 5) is 2.42. The second-order valence-electron chi connectivity index (χ2n) is 5.49. The first-order valence-corrected chi connectivity index (χ1v) is 6.70. The number of benzene rings is 1. The van der Waals surface area contributed by atoms with Gasteiger partial charge in [-0.05, 0) is 44.0 Å². The Balaban J connectivity index is 1.89. The van der Waals surface area contributed by atoms with Crippen LogP contribution in [-0.4, -0.2) is 38.8 Å². The largest absolute Gasteiger partial charge is 0.399 e. The standard InChI is InChI=1S/C15H24N2O/c1-17(10-3-11-18-2)12-15(8-9-15)13-4-6-14(16)7-5-13/h4-7H,3,8-12,16H2,1-2H3. The zero-order valence-corrected chi connectivity index (χ0v) is 11.5. The van der Waals surface area contributed by atoms with Crippen molar-refractivity contribution in [3.05, 3.63) is 29.8 Å². The number of nitrogens with zero attached hydrogens (tertiary/aromatic N) is 1. The van der Waals surface area contributed by atoms with E-state index in [1.54, 1.807) is 7.11 Å². The second-order valence-corrected chi connectivity index (χ2v) is 5.49. The SMILES string of the molecule is COCCCN(C)CC1(c2ccc(N)cc2)CC1. The average Bonchev–Trinajstić information content (AvgIpc) is 3.11. The third-order valence-electron chi connectivity index (χ3n) is 3.84. The fourth-order valence-electron chi connectivity index (χ4n) is 2.60. The van der Waals surface area contributed by atoms with Crippen LogP contribution >= 0.6 is 0 Å². The minimum atomic E-state index is 0.384. The molecular formula is C15H24N2O. The molecule has 0 unspecified atom stereocenters. The molecule has 0 aliphatic heterocycles. The summed E-state index contributed by atoms with van der Waals surface area (Å²) in [5, 5.41) is 0. The highest BCUT2D eigenvalue weighted by Gasteiger charge is 2.44. The van der Waals surface area contributed by atoms with Crippen LogP contribution in [0.25, 0.3) is 0 Å². The average molecular weight is 248 g/mol. The van der Waals surface area contributed by atoms with Gasteiger partial charge in [-0.2, -0.15) is 0 Å². The quantitative estimate of drug-likeness (QED) is 0.594. The van der Waals surface area contributed by atoms with E-state index >= 15 is 0 Å². The molecular weight excluding hydrogens is 224 g/mol. The number of hydrogen-bond donors (Lipinski definition) is 1. The van der Waals surface area contributed by atoms with Gasteiger partial charge in [-0.15, -0.1) is 0 Å². The van der Waals surface area contributed by atoms with Crippen LogP contribution < -0.4 is 5.73 Å². The molecule has 0 aromatic heterocycles. The van der Waals surface area contributed by atoms with Gasteiger partial charge in [-0.3, -0.25) is 0 Å². The smallest absolute Gasteiger partial charge is 0.0474 e. The van der Waals surface area contributed by atoms with Crippen LogP contribution in [0.5, 0.6) is 0 Å². The van der Waals surface area contributed by atoms with Crippen molar-refractivity contribution in [3.63, 3.8) is 0 Å². The van der Waals surface area contributed by atoms with Crippen molar-refractivity contribution >= 4 is 5.69 Å². The van der Waals surface area contributed by atoms with E-state index in [0.29, 0.717) is 5.41 Å². The van der Waals surface area contributed by atoms with Crippen LogP contribution in [0.2, 0.25) is 0 Å². The highest BCUT2D eigenvalue weighted by molar-refractivity contribution is 5.43. The van der Waals surface area contributed by atoms with E-state index in [0.717, 1.165) is 31.8 Å². The van der Waals surface area contributed by atoms with Crippen LogP contribution in [0, 0.1) is 0 Å². The van der Waals surface area contributed by atoms with E-state index in [9.17, 15) is 0 Å². The molecule has 0 bridgehead atoms. The van der Waals surface area contributed by atoms with Crippen LogP contribution in [0.3, 0.4) is 0 Å². The molecule has 3 heteroatoms. The van der Waals surface area contributed by atoms with Gasteiger partial charge in [0, 0.05) is 37.9 Å². The van der Waals surface area contributed by atoms with Crippen molar-refractivity contribution in [2.75, 3.05) is 39.6 Å². The number of ether oxygens (including phenoxy) is 1. The molecule has 0 spiro atoms. The van der Waals surface area contributed by atoms with Gasteiger partial charge in [0.25, 0.3) is 0 Å². The van der Waals surface area contributed by atoms with Gasteiger partial charge in [-0.25, -0.2) is 0 Å². The summed E-state index contributed by atoms with van der Waals surface area (Å²) in [6.45, 7) is 3.09. The predicted molar refractivity (Wildman–Crippen MR) is 75.8 cm³/mol. The Morgan fingerprint density at radius 2 is 1.94 bits per heavy atom. The summed E-state index contributed by atoms with van der Waals surface area (Å²) in [7, 11) is 3.96. The van der Waals surface area contributed by atoms with Crippen molar-refractivity contribution in [2.24, 2.45) is 0 Å². The Kier molecular flexibility index (Phi) is 4.25. The zero-order chi connectivity index (χ0) is 13.0. The number of methoxy groups -OCH3 is 1. The van der Waals surface area contributed by atoms with Crippen molar-refractivity contribution in [1.29, 1.82) is 0 Å². The van der Waals surface area contributed by atoms with Crippen molar-refractivity contribution < 1.29 is 4.74 Å². The highest BCUT2D eigenvalue weighted by Crippen LogP contribution is 2.48. The maximum atomic E-state index is 5.75. The summed E-state index contributed by atoms with van der Waals surface area (Å²) in [5.41, 5.74) is 8.42. The minimum absolute atomic E-state index is 0.384. The Morgan fingerprint density at radius 1 is 1.28 bits per heavy atom. The number of nitrogens with two attached hydrogens (primary N) is 1. The van der Waals surface area contributed by atoms with Crippen LogP contribution in [0.15, 0.2) is 24.3 Å². The normalized spacial score (nSPS) is 17.1. The molecule has 1 saturated carbocycles. The van der Waals surface area contributed by atoms with E-state index in [1.807, 2.05) is 12.1 Å². The Hall–Kier alpha value is -1.06. The van der Waals surface area contributed by atoms with E-state index in [2.05, 4.69) is 24.1 Å². The van der Waals surface area contributed by atoms with E-state index in [4.69, 9.17) is 10.5 Å². The van der Waals surface area contributed by atoms with Crippen molar-refractivity contribution in [2.45, 2.75) is 24.7 Å². The zero-order valence-electron chi connectivity index (χ0n) is 11.5. The summed E-state index contributed by atoms with van der Waals surface area (Å²) >= 11 is 0. The summed E-state index contributed by atoms with van der Waals surface area (Å²) in [6, 6.07) is 8.40. The van der Waals surface area contributed by atoms with Gasteiger partial charge in [0.1, 0.15) is 0 Å². The Bertz CT molecular complexity index is 371. The molecule has 0 amide bonds. The van der Waals surface area contributed by atoms with Gasteiger partial charge >= 0.3 is 0 Å². The molecule has 1 aromatic carbocycles. The first-order chi connectivity index (χ1) is 8.66. The van der Waals surface area contributed by atoms with Gasteiger partial charge in [0.05, 0.1) is 0 Å². The van der Waals surface area contributed by atoms with E-state index in [-0.39, 0.29) is 0 Å². The monoisotopic (exact) mass is 248 g/mol. The highest BCUT2D eigenvalue weighted by atomic mass is 16.5. The summed E-state index contributed by atoms with van der Waals surface area (Å²) in [5.74, 6) is 0. The summed E-state index contributed by atoms with van der Waals surface area (Å²) in [6.07, 6.45) is 3.70. The molecule has 100 valence electrons. The summed E-state index contributed by atoms with van der Waals surface area (Å²) < 4.78 is 5.10. The molecule has 18 heavy (non-hydrogen) atoms. The topological polar surface area (TPSA) is 38.5 Å². The maximum Gasteiger partial charge on any atom is 0.0474 e. The molecule has 0 saturated heterocycles. The van der Waals surface area contributed by atoms with Crippen LogP contribution in [0.1, 0.15) is 24.8 Å². The molecule has 2 N–H and O–H groups in total. The van der Waals surface area contributed by atoms with E-state index < -0.39 is 0 Å². The molecule has 0 heterocycles. The van der Waals surface area contributed by atoms with Gasteiger partial charge in [0.15, 0.2) is 0 Å². The third-order valence-corrected chi connectivity index (χ3v) is 3.84. The number of nitrogen functional groups attached to an aromatic ring is 1. The molecule has 3 nitrogen and oxygen atoms in total. The Labute approximate surface area is 110 Å². The Morgan fingerprint density at radius 3 is 2.50 bits per heavy atom. The van der Waals surface area contributed by atoms with Crippen LogP contribution in [-0.2, 0) is 10.2 Å². The molecule has 1 aromatic rings. The van der Waals surface area contributed by atoms with Crippen LogP contribution in [0.4, 0.5) is 5.69 Å². The first-order valence-electron chi connectivity index (χ1n) is 6.70. The molecule has 2 rings (SSSR count). The van der Waals surface area contributed by atoms with Crippen molar-refractivity contribution in [3.8, 4) is 0 Å². The molecule has 1 aliphatic rings. The predicted octanol–water partition coefficient (Wildman–Crippen LogP) is 2.27. The molecule has 1 fully saturated rings. The first kappa shape index (κ1) is 13.4. The fourth-order valence-corrected chi connectivity index (χ4v) is 2.60. The lowest BCUT2D eigenvalue weighted by Gasteiger charge is -2.24. The number of hydrogen-bond acceptors (Lipinski definition) is 3. The number of anilines is 1. The lowest BCUT2D eigenvalue weighted by atomic mass is 9.95. The molecule has 0 atom stereocenters. The number of rotatable bonds is 7.